The lowest BCUT2D eigenvalue weighted by molar-refractivity contribution is -0.133. The zero-order valence-corrected chi connectivity index (χ0v) is 16.0. The third-order valence-electron chi connectivity index (χ3n) is 4.86. The van der Waals surface area contributed by atoms with E-state index in [-0.39, 0.29) is 0 Å². The maximum absolute atomic E-state index is 13.0. The number of anilines is 1. The van der Waals surface area contributed by atoms with Crippen LogP contribution in [0.5, 0.6) is 0 Å². The molecule has 3 rings (SSSR count). The molecule has 1 fully saturated rings. The van der Waals surface area contributed by atoms with Gasteiger partial charge in [-0.05, 0) is 48.2 Å². The lowest BCUT2D eigenvalue weighted by Crippen LogP contribution is -2.42. The molecule has 6 nitrogen and oxygen atoms in total. The molecule has 28 heavy (non-hydrogen) atoms. The van der Waals surface area contributed by atoms with Crippen molar-refractivity contribution in [3.05, 3.63) is 65.5 Å². The average Bonchev–Trinajstić information content (AvgIpc) is 2.88. The van der Waals surface area contributed by atoms with Crippen LogP contribution in [0.15, 0.2) is 48.5 Å². The maximum Gasteiger partial charge on any atom is 0.325 e. The minimum atomic E-state index is -1.23. The Kier molecular flexibility index (Phi) is 5.18. The summed E-state index contributed by atoms with van der Waals surface area (Å²) in [5.74, 6) is -1.12. The first kappa shape index (κ1) is 19.5. The predicted octanol–water partition coefficient (Wildman–Crippen LogP) is 3.35. The number of amides is 4. The van der Waals surface area contributed by atoms with Gasteiger partial charge in [0.1, 0.15) is 17.9 Å². The topological polar surface area (TPSA) is 78.5 Å². The van der Waals surface area contributed by atoms with Gasteiger partial charge < -0.3 is 10.6 Å². The van der Waals surface area contributed by atoms with Gasteiger partial charge in [0.15, 0.2) is 0 Å². The Hall–Kier alpha value is -3.22. The number of nitrogens with zero attached hydrogens (tertiary/aromatic N) is 1. The fraction of sp³-hybridized carbons (Fsp3) is 0.286. The van der Waals surface area contributed by atoms with E-state index in [0.29, 0.717) is 17.2 Å². The molecule has 1 atom stereocenters. The largest absolute Gasteiger partial charge is 0.325 e. The number of hydrogen-bond donors (Lipinski definition) is 2. The van der Waals surface area contributed by atoms with Gasteiger partial charge in [0.25, 0.3) is 5.91 Å². The zero-order valence-electron chi connectivity index (χ0n) is 16.0. The normalized spacial score (nSPS) is 19.1. The Morgan fingerprint density at radius 1 is 1.11 bits per heavy atom. The number of rotatable bonds is 5. The lowest BCUT2D eigenvalue weighted by Gasteiger charge is -2.22. The molecule has 4 amide bonds. The molecule has 0 unspecified atom stereocenters. The van der Waals surface area contributed by atoms with Gasteiger partial charge in [-0.1, -0.05) is 38.1 Å². The molecule has 2 N–H and O–H groups in total. The first-order chi connectivity index (χ1) is 13.2. The highest BCUT2D eigenvalue weighted by molar-refractivity contribution is 6.10. The number of halogens is 1. The van der Waals surface area contributed by atoms with Crippen LogP contribution in [0.2, 0.25) is 0 Å². The van der Waals surface area contributed by atoms with Crippen molar-refractivity contribution in [3.63, 3.8) is 0 Å². The Labute approximate surface area is 162 Å². The summed E-state index contributed by atoms with van der Waals surface area (Å²) in [7, 11) is 0. The fourth-order valence-corrected chi connectivity index (χ4v) is 3.11. The Morgan fingerprint density at radius 2 is 1.71 bits per heavy atom. The molecule has 1 aliphatic heterocycles. The molecule has 1 aliphatic rings. The zero-order chi connectivity index (χ0) is 20.5. The average molecular weight is 383 g/mol. The predicted molar refractivity (Wildman–Crippen MR) is 103 cm³/mol. The van der Waals surface area contributed by atoms with Crippen molar-refractivity contribution in [2.24, 2.45) is 0 Å². The summed E-state index contributed by atoms with van der Waals surface area (Å²) in [6.07, 6.45) is 0. The standard InChI is InChI=1S/C21H22FN3O3/c1-13(2)14-4-6-15(7-5-14)21(3)19(27)25(20(28)24-21)12-18(26)23-17-10-8-16(22)9-11-17/h4-11,13H,12H2,1-3H3,(H,23,26)(H,24,28)/t21-/m0/s1. The van der Waals surface area contributed by atoms with Crippen LogP contribution in [0.3, 0.4) is 0 Å². The molecular weight excluding hydrogens is 361 g/mol. The molecule has 0 aromatic heterocycles. The maximum atomic E-state index is 13.0. The van der Waals surface area contributed by atoms with Crippen LogP contribution in [0.4, 0.5) is 14.9 Å². The third kappa shape index (κ3) is 3.74. The van der Waals surface area contributed by atoms with Crippen molar-refractivity contribution < 1.29 is 18.8 Å². The summed E-state index contributed by atoms with van der Waals surface area (Å²) in [5.41, 5.74) is 0.921. The van der Waals surface area contributed by atoms with Crippen LogP contribution in [-0.2, 0) is 15.1 Å². The first-order valence-corrected chi connectivity index (χ1v) is 9.00. The first-order valence-electron chi connectivity index (χ1n) is 9.00. The van der Waals surface area contributed by atoms with Gasteiger partial charge in [0.05, 0.1) is 0 Å². The SMILES string of the molecule is CC(C)c1ccc([C@]2(C)NC(=O)N(CC(=O)Nc3ccc(F)cc3)C2=O)cc1. The number of benzene rings is 2. The minimum Gasteiger partial charge on any atom is -0.325 e. The molecule has 0 bridgehead atoms. The van der Waals surface area contributed by atoms with Crippen LogP contribution >= 0.6 is 0 Å². The molecule has 1 heterocycles. The minimum absolute atomic E-state index is 0.349. The third-order valence-corrected chi connectivity index (χ3v) is 4.86. The summed E-state index contributed by atoms with van der Waals surface area (Å²) in [4.78, 5) is 38.4. The molecule has 0 radical (unpaired) electrons. The highest BCUT2D eigenvalue weighted by Crippen LogP contribution is 2.30. The van der Waals surface area contributed by atoms with Crippen molar-refractivity contribution in [1.82, 2.24) is 10.2 Å². The van der Waals surface area contributed by atoms with Crippen LogP contribution in [0.1, 0.15) is 37.8 Å². The van der Waals surface area contributed by atoms with E-state index in [9.17, 15) is 18.8 Å². The lowest BCUT2D eigenvalue weighted by atomic mass is 9.90. The Balaban J connectivity index is 1.73. The van der Waals surface area contributed by atoms with Gasteiger partial charge in [0.2, 0.25) is 5.91 Å². The Morgan fingerprint density at radius 3 is 2.29 bits per heavy atom. The van der Waals surface area contributed by atoms with Crippen molar-refractivity contribution >= 4 is 23.5 Å². The summed E-state index contributed by atoms with van der Waals surface area (Å²) >= 11 is 0. The van der Waals surface area contributed by atoms with Gasteiger partial charge in [-0.25, -0.2) is 9.18 Å². The molecule has 0 spiro atoms. The number of hydrogen-bond acceptors (Lipinski definition) is 3. The van der Waals surface area contributed by atoms with Gasteiger partial charge >= 0.3 is 6.03 Å². The number of imide groups is 1. The van der Waals surface area contributed by atoms with Crippen LogP contribution in [0.25, 0.3) is 0 Å². The highest BCUT2D eigenvalue weighted by Gasteiger charge is 2.49. The van der Waals surface area contributed by atoms with E-state index < -0.39 is 35.7 Å². The van der Waals surface area contributed by atoms with Crippen LogP contribution < -0.4 is 10.6 Å². The number of urea groups is 1. The van der Waals surface area contributed by atoms with E-state index in [2.05, 4.69) is 24.5 Å². The van der Waals surface area contributed by atoms with Gasteiger partial charge in [-0.3, -0.25) is 14.5 Å². The smallest absolute Gasteiger partial charge is 0.325 e. The van der Waals surface area contributed by atoms with E-state index in [4.69, 9.17) is 0 Å². The van der Waals surface area contributed by atoms with E-state index in [1.54, 1.807) is 6.92 Å². The van der Waals surface area contributed by atoms with Crippen molar-refractivity contribution in [1.29, 1.82) is 0 Å². The Bertz CT molecular complexity index is 909. The summed E-state index contributed by atoms with van der Waals surface area (Å²) < 4.78 is 13.0. The van der Waals surface area contributed by atoms with E-state index in [1.165, 1.54) is 24.3 Å². The van der Waals surface area contributed by atoms with Crippen molar-refractivity contribution in [2.45, 2.75) is 32.2 Å². The number of carbonyl (C=O) groups excluding carboxylic acids is 3. The fourth-order valence-electron chi connectivity index (χ4n) is 3.11. The van der Waals surface area contributed by atoms with Gasteiger partial charge in [-0.15, -0.1) is 0 Å². The van der Waals surface area contributed by atoms with E-state index in [0.717, 1.165) is 10.5 Å². The number of nitrogens with one attached hydrogen (secondary N) is 2. The molecule has 1 saturated heterocycles. The van der Waals surface area contributed by atoms with Crippen LogP contribution in [-0.4, -0.2) is 29.3 Å². The second-order valence-electron chi connectivity index (χ2n) is 7.28. The molecular formula is C21H22FN3O3. The van der Waals surface area contributed by atoms with E-state index >= 15 is 0 Å². The molecule has 0 aliphatic carbocycles. The van der Waals surface area contributed by atoms with Crippen molar-refractivity contribution in [2.75, 3.05) is 11.9 Å². The summed E-state index contributed by atoms with van der Waals surface area (Å²) in [5, 5.41) is 5.22. The summed E-state index contributed by atoms with van der Waals surface area (Å²) in [6, 6.07) is 12.1. The van der Waals surface area contributed by atoms with E-state index in [1.807, 2.05) is 24.3 Å². The summed E-state index contributed by atoms with van der Waals surface area (Å²) in [6.45, 7) is 5.33. The second kappa shape index (κ2) is 7.42. The molecule has 0 saturated carbocycles. The highest BCUT2D eigenvalue weighted by atomic mass is 19.1. The van der Waals surface area contributed by atoms with Crippen molar-refractivity contribution in [3.8, 4) is 0 Å². The number of carbonyl (C=O) groups is 3. The second-order valence-corrected chi connectivity index (χ2v) is 7.28. The molecule has 146 valence electrons. The quantitative estimate of drug-likeness (QED) is 0.777. The molecule has 7 heteroatoms. The molecule has 2 aromatic carbocycles. The monoisotopic (exact) mass is 383 g/mol. The van der Waals surface area contributed by atoms with Gasteiger partial charge in [-0.2, -0.15) is 0 Å². The van der Waals surface area contributed by atoms with Crippen LogP contribution in [0, 0.1) is 5.82 Å². The van der Waals surface area contributed by atoms with Gasteiger partial charge in [0, 0.05) is 5.69 Å². The molecule has 2 aromatic rings.